The smallest absolute Gasteiger partial charge is 0.282 e. The number of piperidine rings is 1. The van der Waals surface area contributed by atoms with E-state index < -0.39 is 10.2 Å². The molecule has 5 nitrogen and oxygen atoms in total. The molecule has 0 aliphatic carbocycles. The maximum atomic E-state index is 12.6. The molecule has 0 aromatic heterocycles. The van der Waals surface area contributed by atoms with Crippen molar-refractivity contribution in [2.75, 3.05) is 26.2 Å². The van der Waals surface area contributed by atoms with Crippen LogP contribution in [-0.2, 0) is 10.2 Å². The molecule has 0 amide bonds. The molecule has 114 valence electrons. The monoisotopic (exact) mass is 311 g/mol. The molecule has 1 N–H and O–H groups in total. The Balaban J connectivity index is 0.00000180. The van der Waals surface area contributed by atoms with Gasteiger partial charge >= 0.3 is 0 Å². The highest BCUT2D eigenvalue weighted by Crippen LogP contribution is 2.22. The van der Waals surface area contributed by atoms with Crippen LogP contribution in [0.4, 0.5) is 0 Å². The first-order valence-electron chi connectivity index (χ1n) is 6.91. The molecule has 0 spiro atoms. The van der Waals surface area contributed by atoms with E-state index in [9.17, 15) is 8.42 Å². The standard InChI is InChI=1S/C12H25N3O2S.ClH/c1-10-4-6-14(7-5-10)18(16,17)15-8-11(2)13-12(3)9-15;/h10-13H,4-9H2,1-3H3;1H. The Kier molecular flexibility index (Phi) is 6.07. The number of hydrogen-bond acceptors (Lipinski definition) is 3. The van der Waals surface area contributed by atoms with Gasteiger partial charge in [-0.25, -0.2) is 0 Å². The van der Waals surface area contributed by atoms with Gasteiger partial charge in [-0.15, -0.1) is 12.4 Å². The van der Waals surface area contributed by atoms with Crippen LogP contribution in [0.5, 0.6) is 0 Å². The van der Waals surface area contributed by atoms with Crippen molar-refractivity contribution in [3.8, 4) is 0 Å². The average Bonchev–Trinajstić information content (AvgIpc) is 2.28. The van der Waals surface area contributed by atoms with E-state index in [1.165, 1.54) is 0 Å². The van der Waals surface area contributed by atoms with E-state index in [0.29, 0.717) is 32.1 Å². The third-order valence-electron chi connectivity index (χ3n) is 3.92. The van der Waals surface area contributed by atoms with Crippen LogP contribution in [0.25, 0.3) is 0 Å². The third kappa shape index (κ3) is 4.04. The van der Waals surface area contributed by atoms with Gasteiger partial charge in [0.05, 0.1) is 0 Å². The molecule has 0 saturated carbocycles. The van der Waals surface area contributed by atoms with E-state index in [4.69, 9.17) is 0 Å². The Morgan fingerprint density at radius 1 is 0.947 bits per heavy atom. The Bertz CT molecular complexity index is 372. The van der Waals surface area contributed by atoms with Crippen LogP contribution in [0.15, 0.2) is 0 Å². The molecule has 2 heterocycles. The van der Waals surface area contributed by atoms with E-state index >= 15 is 0 Å². The minimum Gasteiger partial charge on any atom is -0.309 e. The summed E-state index contributed by atoms with van der Waals surface area (Å²) in [6.07, 6.45) is 1.97. The van der Waals surface area contributed by atoms with Crippen molar-refractivity contribution in [2.45, 2.75) is 45.7 Å². The van der Waals surface area contributed by atoms with E-state index in [2.05, 4.69) is 12.2 Å². The van der Waals surface area contributed by atoms with Crippen LogP contribution in [0, 0.1) is 5.92 Å². The average molecular weight is 312 g/mol. The number of nitrogens with one attached hydrogen (secondary N) is 1. The largest absolute Gasteiger partial charge is 0.309 e. The minimum absolute atomic E-state index is 0. The fourth-order valence-electron chi connectivity index (χ4n) is 2.84. The summed E-state index contributed by atoms with van der Waals surface area (Å²) in [6.45, 7) is 8.79. The van der Waals surface area contributed by atoms with Crippen LogP contribution < -0.4 is 5.32 Å². The lowest BCUT2D eigenvalue weighted by Crippen LogP contribution is -2.59. The fraction of sp³-hybridized carbons (Fsp3) is 1.00. The van der Waals surface area contributed by atoms with Gasteiger partial charge in [0, 0.05) is 38.3 Å². The third-order valence-corrected chi connectivity index (χ3v) is 5.89. The Morgan fingerprint density at radius 3 is 1.89 bits per heavy atom. The van der Waals surface area contributed by atoms with Gasteiger partial charge in [0.2, 0.25) is 0 Å². The number of rotatable bonds is 2. The summed E-state index contributed by atoms with van der Waals surface area (Å²) in [5, 5.41) is 3.37. The molecule has 7 heteroatoms. The van der Waals surface area contributed by atoms with Gasteiger partial charge in [-0.2, -0.15) is 17.0 Å². The summed E-state index contributed by atoms with van der Waals surface area (Å²) >= 11 is 0. The first-order valence-corrected chi connectivity index (χ1v) is 8.30. The normalized spacial score (nSPS) is 31.9. The molecular weight excluding hydrogens is 286 g/mol. The Morgan fingerprint density at radius 2 is 1.42 bits per heavy atom. The number of halogens is 1. The number of hydrogen-bond donors (Lipinski definition) is 1. The zero-order valence-corrected chi connectivity index (χ0v) is 13.6. The number of nitrogens with zero attached hydrogens (tertiary/aromatic N) is 2. The summed E-state index contributed by atoms with van der Waals surface area (Å²) in [5.41, 5.74) is 0. The van der Waals surface area contributed by atoms with Crippen molar-refractivity contribution < 1.29 is 8.42 Å². The van der Waals surface area contributed by atoms with Gasteiger partial charge in [0.15, 0.2) is 0 Å². The number of piperazine rings is 1. The topological polar surface area (TPSA) is 52.7 Å². The van der Waals surface area contributed by atoms with E-state index in [0.717, 1.165) is 12.8 Å². The van der Waals surface area contributed by atoms with Crippen LogP contribution in [0.1, 0.15) is 33.6 Å². The molecule has 0 bridgehead atoms. The van der Waals surface area contributed by atoms with Crippen LogP contribution in [0.3, 0.4) is 0 Å². The van der Waals surface area contributed by atoms with Gasteiger partial charge < -0.3 is 5.32 Å². The predicted octanol–water partition coefficient (Wildman–Crippen LogP) is 1.07. The molecular formula is C12H26ClN3O2S. The zero-order chi connectivity index (χ0) is 13.3. The highest BCUT2D eigenvalue weighted by Gasteiger charge is 2.35. The molecule has 2 saturated heterocycles. The van der Waals surface area contributed by atoms with Gasteiger partial charge in [0.25, 0.3) is 10.2 Å². The van der Waals surface area contributed by atoms with E-state index in [1.54, 1.807) is 8.61 Å². The summed E-state index contributed by atoms with van der Waals surface area (Å²) < 4.78 is 28.4. The summed E-state index contributed by atoms with van der Waals surface area (Å²) in [6, 6.07) is 0.458. The minimum atomic E-state index is -3.25. The fourth-order valence-corrected chi connectivity index (χ4v) is 4.67. The van der Waals surface area contributed by atoms with Crippen LogP contribution in [0.2, 0.25) is 0 Å². The molecule has 0 aromatic carbocycles. The molecule has 2 rings (SSSR count). The van der Waals surface area contributed by atoms with Crippen molar-refractivity contribution in [3.63, 3.8) is 0 Å². The molecule has 0 radical (unpaired) electrons. The summed E-state index contributed by atoms with van der Waals surface area (Å²) in [4.78, 5) is 0. The van der Waals surface area contributed by atoms with Crippen molar-refractivity contribution in [2.24, 2.45) is 5.92 Å². The molecule has 2 atom stereocenters. The molecule has 2 unspecified atom stereocenters. The second-order valence-electron chi connectivity index (χ2n) is 5.88. The quantitative estimate of drug-likeness (QED) is 0.830. The highest BCUT2D eigenvalue weighted by molar-refractivity contribution is 7.86. The summed E-state index contributed by atoms with van der Waals surface area (Å²) in [5.74, 6) is 0.650. The molecule has 19 heavy (non-hydrogen) atoms. The van der Waals surface area contributed by atoms with Gasteiger partial charge in [-0.05, 0) is 32.6 Å². The van der Waals surface area contributed by atoms with Crippen molar-refractivity contribution in [1.29, 1.82) is 0 Å². The van der Waals surface area contributed by atoms with Crippen molar-refractivity contribution >= 4 is 22.6 Å². The summed E-state index contributed by atoms with van der Waals surface area (Å²) in [7, 11) is -3.25. The molecule has 2 aliphatic heterocycles. The van der Waals surface area contributed by atoms with E-state index in [1.807, 2.05) is 13.8 Å². The second kappa shape index (κ2) is 6.72. The molecule has 2 aliphatic rings. The molecule has 2 fully saturated rings. The van der Waals surface area contributed by atoms with E-state index in [-0.39, 0.29) is 24.5 Å². The molecule has 0 aromatic rings. The van der Waals surface area contributed by atoms with Gasteiger partial charge in [-0.3, -0.25) is 0 Å². The lowest BCUT2D eigenvalue weighted by Gasteiger charge is -2.39. The van der Waals surface area contributed by atoms with Gasteiger partial charge in [-0.1, -0.05) is 6.92 Å². The lowest BCUT2D eigenvalue weighted by atomic mass is 10.0. The Labute approximate surface area is 123 Å². The predicted molar refractivity (Wildman–Crippen MR) is 79.8 cm³/mol. The van der Waals surface area contributed by atoms with Crippen molar-refractivity contribution in [1.82, 2.24) is 13.9 Å². The zero-order valence-electron chi connectivity index (χ0n) is 12.0. The van der Waals surface area contributed by atoms with Crippen LogP contribution in [-0.4, -0.2) is 55.3 Å². The van der Waals surface area contributed by atoms with Crippen LogP contribution >= 0.6 is 12.4 Å². The first kappa shape index (κ1) is 17.2. The first-order chi connectivity index (χ1) is 8.39. The van der Waals surface area contributed by atoms with Crippen molar-refractivity contribution in [3.05, 3.63) is 0 Å². The maximum Gasteiger partial charge on any atom is 0.282 e. The lowest BCUT2D eigenvalue weighted by molar-refractivity contribution is 0.224. The Hall–Kier alpha value is 0.120. The van der Waals surface area contributed by atoms with Gasteiger partial charge in [0.1, 0.15) is 0 Å². The SMILES string of the molecule is CC1CCN(S(=O)(=O)N2CC(C)NC(C)C2)CC1.Cl. The second-order valence-corrected chi connectivity index (χ2v) is 7.80. The highest BCUT2D eigenvalue weighted by atomic mass is 35.5. The maximum absolute atomic E-state index is 12.6.